The number of nitrogens with one attached hydrogen (secondary N) is 1. The van der Waals surface area contributed by atoms with E-state index in [1.54, 1.807) is 31.6 Å². The van der Waals surface area contributed by atoms with E-state index in [2.05, 4.69) is 16.0 Å². The molecule has 3 heterocycles. The van der Waals surface area contributed by atoms with Crippen LogP contribution in [0.3, 0.4) is 0 Å². The molecule has 1 aromatic carbocycles. The van der Waals surface area contributed by atoms with Crippen LogP contribution in [0.4, 0.5) is 0 Å². The van der Waals surface area contributed by atoms with Gasteiger partial charge in [-0.05, 0) is 43.4 Å². The fourth-order valence-corrected chi connectivity index (χ4v) is 4.56. The molecular formula is C22H25N3O3S. The molecule has 0 aliphatic carbocycles. The van der Waals surface area contributed by atoms with Crippen molar-refractivity contribution in [2.24, 2.45) is 0 Å². The van der Waals surface area contributed by atoms with Gasteiger partial charge < -0.3 is 14.5 Å². The maximum atomic E-state index is 12.2. The molecule has 1 fully saturated rings. The third kappa shape index (κ3) is 4.36. The highest BCUT2D eigenvalue weighted by molar-refractivity contribution is 7.08. The number of methoxy groups -OCH3 is 2. The molecule has 4 rings (SSSR count). The van der Waals surface area contributed by atoms with E-state index in [0.29, 0.717) is 0 Å². The second kappa shape index (κ2) is 8.80. The van der Waals surface area contributed by atoms with Gasteiger partial charge in [-0.15, -0.1) is 0 Å². The molecule has 6 nitrogen and oxygen atoms in total. The summed E-state index contributed by atoms with van der Waals surface area (Å²) in [6, 6.07) is 9.57. The van der Waals surface area contributed by atoms with Crippen LogP contribution < -0.4 is 15.0 Å². The highest BCUT2D eigenvalue weighted by Crippen LogP contribution is 2.33. The fourth-order valence-electron chi connectivity index (χ4n) is 3.91. The van der Waals surface area contributed by atoms with Crippen LogP contribution in [0, 0.1) is 0 Å². The van der Waals surface area contributed by atoms with Gasteiger partial charge in [0.2, 0.25) is 0 Å². The number of aromatic nitrogens is 2. The van der Waals surface area contributed by atoms with Gasteiger partial charge in [0.25, 0.3) is 5.56 Å². The number of likely N-dealkylation sites (tertiary alicyclic amines) is 1. The van der Waals surface area contributed by atoms with Gasteiger partial charge in [-0.3, -0.25) is 9.69 Å². The lowest BCUT2D eigenvalue weighted by molar-refractivity contribution is 0.199. The zero-order chi connectivity index (χ0) is 20.2. The first-order chi connectivity index (χ1) is 14.2. The van der Waals surface area contributed by atoms with Crippen LogP contribution >= 0.6 is 11.3 Å². The smallest absolute Gasteiger partial charge is 0.251 e. The number of hydrogen-bond acceptors (Lipinski definition) is 6. The van der Waals surface area contributed by atoms with E-state index in [-0.39, 0.29) is 11.5 Å². The molecule has 0 saturated carbocycles. The lowest BCUT2D eigenvalue weighted by atomic mass is 9.95. The van der Waals surface area contributed by atoms with Crippen molar-refractivity contribution in [2.45, 2.75) is 25.3 Å². The zero-order valence-electron chi connectivity index (χ0n) is 16.7. The van der Waals surface area contributed by atoms with Gasteiger partial charge in [-0.2, -0.15) is 11.3 Å². The first kappa shape index (κ1) is 19.7. The summed E-state index contributed by atoms with van der Waals surface area (Å²) in [6.07, 6.45) is 1.92. The molecule has 1 aliphatic heterocycles. The quantitative estimate of drug-likeness (QED) is 0.666. The number of hydrogen-bond donors (Lipinski definition) is 1. The molecule has 7 heteroatoms. The average Bonchev–Trinajstić information content (AvgIpc) is 3.28. The van der Waals surface area contributed by atoms with Crippen LogP contribution in [-0.2, 0) is 6.54 Å². The van der Waals surface area contributed by atoms with Crippen molar-refractivity contribution in [3.8, 4) is 22.8 Å². The normalized spacial score (nSPS) is 15.4. The first-order valence-electron chi connectivity index (χ1n) is 9.74. The Hall–Kier alpha value is -2.64. The highest BCUT2D eigenvalue weighted by Gasteiger charge is 2.24. The molecule has 0 atom stereocenters. The number of piperidine rings is 1. The Kier molecular flexibility index (Phi) is 5.97. The molecule has 0 radical (unpaired) electrons. The van der Waals surface area contributed by atoms with Gasteiger partial charge in [0.05, 0.1) is 19.9 Å². The standard InChI is InChI=1S/C22H25N3O3S/c1-27-19-5-3-4-16(21(19)28-2)13-25-9-6-15(7-10-25)22-23-18(12-20(26)24-22)17-8-11-29-14-17/h3-5,8,11-12,14-15H,6-7,9-10,13H2,1-2H3,(H,23,24,26). The first-order valence-corrected chi connectivity index (χ1v) is 10.7. The number of H-pyrrole nitrogens is 1. The minimum atomic E-state index is -0.0836. The number of nitrogens with zero attached hydrogens (tertiary/aromatic N) is 2. The van der Waals surface area contributed by atoms with Crippen LogP contribution in [-0.4, -0.2) is 42.2 Å². The third-order valence-corrected chi connectivity index (χ3v) is 6.11. The summed E-state index contributed by atoms with van der Waals surface area (Å²) in [5, 5.41) is 4.03. The van der Waals surface area contributed by atoms with E-state index in [0.717, 1.165) is 66.6 Å². The summed E-state index contributed by atoms with van der Waals surface area (Å²) in [6.45, 7) is 2.70. The lowest BCUT2D eigenvalue weighted by Crippen LogP contribution is -2.33. The Labute approximate surface area is 174 Å². The molecular weight excluding hydrogens is 386 g/mol. The summed E-state index contributed by atoms with van der Waals surface area (Å²) >= 11 is 1.61. The van der Waals surface area contributed by atoms with E-state index < -0.39 is 0 Å². The van der Waals surface area contributed by atoms with E-state index in [1.807, 2.05) is 29.0 Å². The predicted molar refractivity (Wildman–Crippen MR) is 115 cm³/mol. The minimum absolute atomic E-state index is 0.0836. The number of aromatic amines is 1. The van der Waals surface area contributed by atoms with E-state index >= 15 is 0 Å². The van der Waals surface area contributed by atoms with Gasteiger partial charge >= 0.3 is 0 Å². The number of para-hydroxylation sites is 1. The molecule has 3 aromatic rings. The molecule has 0 unspecified atom stereocenters. The molecule has 152 valence electrons. The molecule has 1 aliphatic rings. The van der Waals surface area contributed by atoms with Crippen LogP contribution in [0.15, 0.2) is 45.9 Å². The van der Waals surface area contributed by atoms with Gasteiger partial charge in [0.1, 0.15) is 5.82 Å². The Balaban J connectivity index is 1.45. The number of benzene rings is 1. The second-order valence-corrected chi connectivity index (χ2v) is 8.01. The minimum Gasteiger partial charge on any atom is -0.493 e. The monoisotopic (exact) mass is 411 g/mol. The molecule has 1 N–H and O–H groups in total. The summed E-state index contributed by atoms with van der Waals surface area (Å²) in [7, 11) is 3.33. The van der Waals surface area contributed by atoms with Crippen molar-refractivity contribution < 1.29 is 9.47 Å². The molecule has 1 saturated heterocycles. The lowest BCUT2D eigenvalue weighted by Gasteiger charge is -2.32. The van der Waals surface area contributed by atoms with Crippen molar-refractivity contribution in [2.75, 3.05) is 27.3 Å². The molecule has 0 spiro atoms. The summed E-state index contributed by atoms with van der Waals surface area (Å²) in [4.78, 5) is 22.3. The van der Waals surface area contributed by atoms with Crippen molar-refractivity contribution in [1.29, 1.82) is 0 Å². The van der Waals surface area contributed by atoms with E-state index in [9.17, 15) is 4.79 Å². The highest BCUT2D eigenvalue weighted by atomic mass is 32.1. The summed E-state index contributed by atoms with van der Waals surface area (Å²) in [5.74, 6) is 2.63. The Morgan fingerprint density at radius 2 is 2.03 bits per heavy atom. The van der Waals surface area contributed by atoms with Gasteiger partial charge in [0, 0.05) is 35.0 Å². The molecule has 2 aromatic heterocycles. The summed E-state index contributed by atoms with van der Waals surface area (Å²) in [5.41, 5.74) is 2.80. The van der Waals surface area contributed by atoms with Crippen LogP contribution in [0.5, 0.6) is 11.5 Å². The Bertz CT molecular complexity index is 1010. The van der Waals surface area contributed by atoms with E-state index in [4.69, 9.17) is 14.5 Å². The van der Waals surface area contributed by atoms with Crippen molar-refractivity contribution >= 4 is 11.3 Å². The fraction of sp³-hybridized carbons (Fsp3) is 0.364. The number of ether oxygens (including phenoxy) is 2. The molecule has 29 heavy (non-hydrogen) atoms. The largest absolute Gasteiger partial charge is 0.493 e. The van der Waals surface area contributed by atoms with Crippen molar-refractivity contribution in [3.05, 3.63) is 62.8 Å². The third-order valence-electron chi connectivity index (χ3n) is 5.43. The van der Waals surface area contributed by atoms with Gasteiger partial charge in [-0.25, -0.2) is 4.98 Å². The second-order valence-electron chi connectivity index (χ2n) is 7.23. The number of rotatable bonds is 6. The van der Waals surface area contributed by atoms with Crippen molar-refractivity contribution in [3.63, 3.8) is 0 Å². The average molecular weight is 412 g/mol. The van der Waals surface area contributed by atoms with Gasteiger partial charge in [-0.1, -0.05) is 12.1 Å². The summed E-state index contributed by atoms with van der Waals surface area (Å²) < 4.78 is 11.0. The Morgan fingerprint density at radius 1 is 1.21 bits per heavy atom. The Morgan fingerprint density at radius 3 is 2.72 bits per heavy atom. The molecule has 0 bridgehead atoms. The maximum absolute atomic E-state index is 12.2. The van der Waals surface area contributed by atoms with Crippen LogP contribution in [0.1, 0.15) is 30.1 Å². The SMILES string of the molecule is COc1cccc(CN2CCC(c3nc(-c4ccsc4)cc(=O)[nH]3)CC2)c1OC. The number of thiophene rings is 1. The van der Waals surface area contributed by atoms with Crippen LogP contribution in [0.2, 0.25) is 0 Å². The van der Waals surface area contributed by atoms with Crippen LogP contribution in [0.25, 0.3) is 11.3 Å². The topological polar surface area (TPSA) is 67.5 Å². The predicted octanol–water partition coefficient (Wildman–Crippen LogP) is 3.90. The van der Waals surface area contributed by atoms with Crippen molar-refractivity contribution in [1.82, 2.24) is 14.9 Å². The zero-order valence-corrected chi connectivity index (χ0v) is 17.5. The van der Waals surface area contributed by atoms with Gasteiger partial charge in [0.15, 0.2) is 11.5 Å². The maximum Gasteiger partial charge on any atom is 0.251 e. The molecule has 0 amide bonds. The van der Waals surface area contributed by atoms with E-state index in [1.165, 1.54) is 0 Å².